The second-order valence-electron chi connectivity index (χ2n) is 11.6. The molecule has 0 bridgehead atoms. The SMILES string of the molecule is CC/C(=C(/c1ccc(OCC(CN2CCCC2)OC(C)=O)cc1)c1ccc(OC(=O)C2CC2)cc1)c1ccc2c(c1)OCO2. The van der Waals surface area contributed by atoms with Gasteiger partial charge in [0.1, 0.15) is 24.2 Å². The van der Waals surface area contributed by atoms with Gasteiger partial charge in [-0.2, -0.15) is 0 Å². The molecular weight excluding hydrogens is 558 g/mol. The van der Waals surface area contributed by atoms with Gasteiger partial charge in [0.05, 0.1) is 5.92 Å². The number of benzene rings is 3. The van der Waals surface area contributed by atoms with Crippen LogP contribution in [-0.4, -0.2) is 56.0 Å². The summed E-state index contributed by atoms with van der Waals surface area (Å²) in [5.41, 5.74) is 5.26. The van der Waals surface area contributed by atoms with Crippen molar-refractivity contribution in [2.24, 2.45) is 5.92 Å². The molecule has 3 aliphatic rings. The second kappa shape index (κ2) is 13.6. The molecule has 0 spiro atoms. The molecule has 2 heterocycles. The van der Waals surface area contributed by atoms with Crippen LogP contribution in [0.25, 0.3) is 11.1 Å². The fourth-order valence-corrected chi connectivity index (χ4v) is 5.85. The summed E-state index contributed by atoms with van der Waals surface area (Å²) < 4.78 is 28.5. The number of fused-ring (bicyclic) bond motifs is 1. The van der Waals surface area contributed by atoms with Crippen LogP contribution in [0, 0.1) is 5.92 Å². The fraction of sp³-hybridized carbons (Fsp3) is 0.389. The highest BCUT2D eigenvalue weighted by Crippen LogP contribution is 2.40. The third kappa shape index (κ3) is 7.25. The van der Waals surface area contributed by atoms with Crippen molar-refractivity contribution in [3.8, 4) is 23.0 Å². The number of rotatable bonds is 12. The van der Waals surface area contributed by atoms with Gasteiger partial charge in [0.15, 0.2) is 11.5 Å². The van der Waals surface area contributed by atoms with Crippen molar-refractivity contribution in [2.75, 3.05) is 33.0 Å². The number of ether oxygens (including phenoxy) is 5. The summed E-state index contributed by atoms with van der Waals surface area (Å²) in [6, 6.07) is 21.8. The van der Waals surface area contributed by atoms with Gasteiger partial charge >= 0.3 is 11.9 Å². The molecule has 1 unspecified atom stereocenters. The molecule has 3 aromatic rings. The van der Waals surface area contributed by atoms with Crippen molar-refractivity contribution in [1.29, 1.82) is 0 Å². The van der Waals surface area contributed by atoms with E-state index >= 15 is 0 Å². The smallest absolute Gasteiger partial charge is 0.314 e. The molecule has 230 valence electrons. The fourth-order valence-electron chi connectivity index (χ4n) is 5.85. The Morgan fingerprint density at radius 3 is 2.14 bits per heavy atom. The van der Waals surface area contributed by atoms with Crippen molar-refractivity contribution in [3.63, 3.8) is 0 Å². The predicted octanol–water partition coefficient (Wildman–Crippen LogP) is 6.51. The number of hydrogen-bond acceptors (Lipinski definition) is 8. The van der Waals surface area contributed by atoms with Crippen molar-refractivity contribution in [3.05, 3.63) is 83.4 Å². The summed E-state index contributed by atoms with van der Waals surface area (Å²) in [7, 11) is 0. The Bertz CT molecular complexity index is 1500. The van der Waals surface area contributed by atoms with Crippen molar-refractivity contribution in [2.45, 2.75) is 52.1 Å². The van der Waals surface area contributed by atoms with E-state index < -0.39 is 0 Å². The van der Waals surface area contributed by atoms with Gasteiger partial charge in [0, 0.05) is 13.5 Å². The molecule has 0 amide bonds. The number of nitrogens with zero attached hydrogens (tertiary/aromatic N) is 1. The normalized spacial score (nSPS) is 17.1. The Balaban J connectivity index is 1.27. The molecule has 1 atom stereocenters. The average molecular weight is 598 g/mol. The molecule has 44 heavy (non-hydrogen) atoms. The maximum absolute atomic E-state index is 12.2. The lowest BCUT2D eigenvalue weighted by atomic mass is 9.88. The summed E-state index contributed by atoms with van der Waals surface area (Å²) >= 11 is 0. The second-order valence-corrected chi connectivity index (χ2v) is 11.6. The Kier molecular flexibility index (Phi) is 9.17. The van der Waals surface area contributed by atoms with Crippen molar-refractivity contribution in [1.82, 2.24) is 4.90 Å². The molecule has 0 N–H and O–H groups in total. The van der Waals surface area contributed by atoms with Crippen LogP contribution in [0.4, 0.5) is 0 Å². The van der Waals surface area contributed by atoms with E-state index in [0.29, 0.717) is 18.0 Å². The van der Waals surface area contributed by atoms with Gasteiger partial charge in [-0.15, -0.1) is 0 Å². The van der Waals surface area contributed by atoms with Crippen LogP contribution in [0.15, 0.2) is 66.7 Å². The zero-order valence-electron chi connectivity index (χ0n) is 25.4. The third-order valence-corrected chi connectivity index (χ3v) is 8.22. The lowest BCUT2D eigenvalue weighted by molar-refractivity contribution is -0.148. The zero-order chi connectivity index (χ0) is 30.5. The molecular formula is C36H39NO7. The quantitative estimate of drug-likeness (QED) is 0.133. The number of carbonyl (C=O) groups excluding carboxylic acids is 2. The van der Waals surface area contributed by atoms with Gasteiger partial charge < -0.3 is 23.7 Å². The van der Waals surface area contributed by atoms with E-state index in [1.165, 1.54) is 19.8 Å². The molecule has 0 radical (unpaired) electrons. The first-order chi connectivity index (χ1) is 21.5. The van der Waals surface area contributed by atoms with Gasteiger partial charge in [0.2, 0.25) is 6.79 Å². The number of allylic oxidation sites excluding steroid dienone is 1. The average Bonchev–Trinajstić information content (AvgIpc) is 3.56. The van der Waals surface area contributed by atoms with Crippen LogP contribution in [0.2, 0.25) is 0 Å². The van der Waals surface area contributed by atoms with Crippen LogP contribution in [-0.2, 0) is 14.3 Å². The first kappa shape index (κ1) is 29.8. The first-order valence-corrected chi connectivity index (χ1v) is 15.5. The lowest BCUT2D eigenvalue weighted by Crippen LogP contribution is -2.36. The summed E-state index contributed by atoms with van der Waals surface area (Å²) in [6.07, 6.45) is 4.60. The molecule has 2 fully saturated rings. The molecule has 2 aliphatic heterocycles. The maximum Gasteiger partial charge on any atom is 0.314 e. The Hall–Kier alpha value is -4.30. The topological polar surface area (TPSA) is 83.5 Å². The predicted molar refractivity (Wildman–Crippen MR) is 167 cm³/mol. The van der Waals surface area contributed by atoms with E-state index in [1.54, 1.807) is 0 Å². The van der Waals surface area contributed by atoms with Gasteiger partial charge in [-0.25, -0.2) is 0 Å². The van der Waals surface area contributed by atoms with Crippen LogP contribution in [0.1, 0.15) is 62.6 Å². The highest BCUT2D eigenvalue weighted by atomic mass is 16.7. The standard InChI is InChI=1S/C36H39NO7/c1-3-32(28-12-17-33-34(20-28)42-23-41-33)35(26-10-15-30(16-11-26)44-36(39)27-6-7-27)25-8-13-29(14-9-25)40-22-31(43-24(2)38)21-37-18-4-5-19-37/h8-17,20,27,31H,3-7,18-19,21-23H2,1-2H3/b35-32+. The van der Waals surface area contributed by atoms with Crippen LogP contribution in [0.5, 0.6) is 23.0 Å². The van der Waals surface area contributed by atoms with E-state index in [4.69, 9.17) is 23.7 Å². The maximum atomic E-state index is 12.2. The molecule has 1 saturated carbocycles. The summed E-state index contributed by atoms with van der Waals surface area (Å²) in [5, 5.41) is 0. The number of esters is 2. The largest absolute Gasteiger partial charge is 0.490 e. The van der Waals surface area contributed by atoms with E-state index in [2.05, 4.69) is 30.0 Å². The summed E-state index contributed by atoms with van der Waals surface area (Å²) in [4.78, 5) is 26.3. The molecule has 3 aromatic carbocycles. The Morgan fingerprint density at radius 1 is 0.864 bits per heavy atom. The number of hydrogen-bond donors (Lipinski definition) is 0. The van der Waals surface area contributed by atoms with Gasteiger partial charge in [-0.05, 0) is 109 Å². The Morgan fingerprint density at radius 2 is 1.50 bits per heavy atom. The minimum absolute atomic E-state index is 0.0353. The van der Waals surface area contributed by atoms with Gasteiger partial charge in [0.25, 0.3) is 0 Å². The molecule has 1 saturated heterocycles. The van der Waals surface area contributed by atoms with E-state index in [0.717, 1.165) is 71.7 Å². The molecule has 1 aliphatic carbocycles. The third-order valence-electron chi connectivity index (χ3n) is 8.22. The molecule has 8 nitrogen and oxygen atoms in total. The van der Waals surface area contributed by atoms with E-state index in [1.807, 2.05) is 48.5 Å². The monoisotopic (exact) mass is 597 g/mol. The first-order valence-electron chi connectivity index (χ1n) is 15.5. The van der Waals surface area contributed by atoms with Crippen molar-refractivity contribution < 1.29 is 33.3 Å². The van der Waals surface area contributed by atoms with Gasteiger partial charge in [-0.3, -0.25) is 14.5 Å². The summed E-state index contributed by atoms with van der Waals surface area (Å²) in [6.45, 7) is 6.80. The number of carbonyl (C=O) groups is 2. The highest BCUT2D eigenvalue weighted by molar-refractivity contribution is 5.99. The molecule has 6 rings (SSSR count). The van der Waals surface area contributed by atoms with Crippen LogP contribution < -0.4 is 18.9 Å². The minimum Gasteiger partial charge on any atom is -0.490 e. The van der Waals surface area contributed by atoms with Crippen LogP contribution >= 0.6 is 0 Å². The Labute approximate surface area is 258 Å². The van der Waals surface area contributed by atoms with E-state index in [9.17, 15) is 9.59 Å². The molecule has 0 aromatic heterocycles. The van der Waals surface area contributed by atoms with E-state index in [-0.39, 0.29) is 37.4 Å². The molecule has 8 heteroatoms. The zero-order valence-corrected chi connectivity index (χ0v) is 25.4. The highest BCUT2D eigenvalue weighted by Gasteiger charge is 2.31. The summed E-state index contributed by atoms with van der Waals surface area (Å²) in [5.74, 6) is 2.30. The lowest BCUT2D eigenvalue weighted by Gasteiger charge is -2.23. The minimum atomic E-state index is -0.328. The van der Waals surface area contributed by atoms with Gasteiger partial charge in [-0.1, -0.05) is 37.3 Å². The van der Waals surface area contributed by atoms with Crippen LogP contribution in [0.3, 0.4) is 0 Å². The van der Waals surface area contributed by atoms with Crippen molar-refractivity contribution >= 4 is 23.1 Å². The number of likely N-dealkylation sites (tertiary alicyclic amines) is 1.